The van der Waals surface area contributed by atoms with Gasteiger partial charge in [-0.15, -0.1) is 35.3 Å². The van der Waals surface area contributed by atoms with E-state index in [1.165, 1.54) is 12.2 Å². The monoisotopic (exact) mass is 254 g/mol. The van der Waals surface area contributed by atoms with Crippen molar-refractivity contribution in [2.75, 3.05) is 5.75 Å². The molecule has 4 unspecified atom stereocenters. The average Bonchev–Trinajstić information content (AvgIpc) is 3.01. The second kappa shape index (κ2) is 4.64. The van der Waals surface area contributed by atoms with Crippen LogP contribution in [0.25, 0.3) is 0 Å². The van der Waals surface area contributed by atoms with Crippen molar-refractivity contribution >= 4 is 35.3 Å². The number of hydrogen-bond donors (Lipinski definition) is 0. The van der Waals surface area contributed by atoms with Gasteiger partial charge in [0.15, 0.2) is 0 Å². The summed E-state index contributed by atoms with van der Waals surface area (Å²) < 4.78 is 0. The molecule has 0 aromatic heterocycles. The predicted octanol–water partition coefficient (Wildman–Crippen LogP) is 3.92. The molecule has 0 amide bonds. The third kappa shape index (κ3) is 2.06. The van der Waals surface area contributed by atoms with E-state index >= 15 is 0 Å². The first-order valence-corrected chi connectivity index (χ1v) is 8.29. The van der Waals surface area contributed by atoms with E-state index < -0.39 is 0 Å². The Morgan fingerprint density at radius 3 is 2.73 bits per heavy atom. The molecule has 15 heavy (non-hydrogen) atoms. The molecule has 0 saturated heterocycles. The molecule has 0 radical (unpaired) electrons. The van der Waals surface area contributed by atoms with Crippen LogP contribution in [0.4, 0.5) is 0 Å². The fourth-order valence-corrected chi connectivity index (χ4v) is 6.12. The molecule has 0 N–H and O–H groups in total. The largest absolute Gasteiger partial charge is 0.150 e. The van der Waals surface area contributed by atoms with Crippen LogP contribution in [0.15, 0.2) is 35.1 Å². The molecule has 0 nitrogen and oxygen atoms in total. The van der Waals surface area contributed by atoms with E-state index in [0.29, 0.717) is 0 Å². The van der Waals surface area contributed by atoms with E-state index in [4.69, 9.17) is 0 Å². The first-order chi connectivity index (χ1) is 7.45. The molecule has 3 heterocycles. The Labute approximate surface area is 104 Å². The predicted molar refractivity (Wildman–Crippen MR) is 74.5 cm³/mol. The molecule has 3 heteroatoms. The molecule has 0 fully saturated rings. The van der Waals surface area contributed by atoms with Gasteiger partial charge in [-0.3, -0.25) is 0 Å². The van der Waals surface area contributed by atoms with Gasteiger partial charge in [0, 0.05) is 27.4 Å². The Balaban J connectivity index is 1.70. The van der Waals surface area contributed by atoms with Crippen LogP contribution in [-0.4, -0.2) is 21.5 Å². The summed E-state index contributed by atoms with van der Waals surface area (Å²) in [4.78, 5) is 0. The van der Waals surface area contributed by atoms with E-state index in [1.807, 2.05) is 23.5 Å². The fraction of sp³-hybridized carbons (Fsp3) is 0.500. The molecular formula is C12H14S3. The van der Waals surface area contributed by atoms with Crippen molar-refractivity contribution in [2.45, 2.75) is 22.2 Å². The van der Waals surface area contributed by atoms with Crippen molar-refractivity contribution < 1.29 is 0 Å². The second-order valence-corrected chi connectivity index (χ2v) is 7.46. The second-order valence-electron chi connectivity index (χ2n) is 4.01. The Morgan fingerprint density at radius 1 is 1.00 bits per heavy atom. The Morgan fingerprint density at radius 2 is 2.00 bits per heavy atom. The lowest BCUT2D eigenvalue weighted by molar-refractivity contribution is 0.624. The van der Waals surface area contributed by atoms with Crippen molar-refractivity contribution in [3.63, 3.8) is 0 Å². The molecule has 0 saturated carbocycles. The maximum Gasteiger partial charge on any atom is 0.0304 e. The van der Waals surface area contributed by atoms with E-state index in [0.717, 1.165) is 21.7 Å². The Hall–Kier alpha value is 0.270. The molecule has 0 spiro atoms. The highest BCUT2D eigenvalue weighted by molar-refractivity contribution is 8.07. The van der Waals surface area contributed by atoms with Gasteiger partial charge in [0.1, 0.15) is 0 Å². The zero-order chi connectivity index (χ0) is 10.1. The summed E-state index contributed by atoms with van der Waals surface area (Å²) >= 11 is 6.17. The van der Waals surface area contributed by atoms with Crippen LogP contribution >= 0.6 is 35.3 Å². The van der Waals surface area contributed by atoms with Gasteiger partial charge in [-0.2, -0.15) is 0 Å². The molecule has 4 atom stereocenters. The van der Waals surface area contributed by atoms with E-state index in [9.17, 15) is 0 Å². The van der Waals surface area contributed by atoms with Gasteiger partial charge in [0.25, 0.3) is 0 Å². The molecule has 80 valence electrons. The third-order valence-corrected chi connectivity index (χ3v) is 6.96. The van der Waals surface area contributed by atoms with Gasteiger partial charge < -0.3 is 0 Å². The molecule has 0 aromatic rings. The third-order valence-electron chi connectivity index (χ3n) is 3.09. The maximum absolute atomic E-state index is 2.43. The minimum absolute atomic E-state index is 0.738. The summed E-state index contributed by atoms with van der Waals surface area (Å²) in [6, 6.07) is 0. The zero-order valence-electron chi connectivity index (χ0n) is 8.41. The lowest BCUT2D eigenvalue weighted by atomic mass is 9.97. The van der Waals surface area contributed by atoms with Crippen molar-refractivity contribution in [1.29, 1.82) is 0 Å². The van der Waals surface area contributed by atoms with E-state index in [2.05, 4.69) is 46.9 Å². The summed E-state index contributed by atoms with van der Waals surface area (Å²) in [6.45, 7) is 0. The first kappa shape index (κ1) is 10.4. The number of allylic oxidation sites excluding steroid dienone is 2. The van der Waals surface area contributed by atoms with Crippen LogP contribution in [0.3, 0.4) is 0 Å². The maximum atomic E-state index is 2.43. The van der Waals surface area contributed by atoms with Crippen LogP contribution in [0.2, 0.25) is 0 Å². The van der Waals surface area contributed by atoms with Gasteiger partial charge in [-0.1, -0.05) is 24.3 Å². The fourth-order valence-electron chi connectivity index (χ4n) is 2.32. The van der Waals surface area contributed by atoms with Gasteiger partial charge in [0.05, 0.1) is 0 Å². The zero-order valence-corrected chi connectivity index (χ0v) is 10.9. The van der Waals surface area contributed by atoms with E-state index in [-0.39, 0.29) is 0 Å². The number of hydrogen-bond acceptors (Lipinski definition) is 3. The summed E-state index contributed by atoms with van der Waals surface area (Å²) in [5.74, 6) is 1.97. The lowest BCUT2D eigenvalue weighted by Gasteiger charge is -2.27. The summed E-state index contributed by atoms with van der Waals surface area (Å²) in [5.41, 5.74) is 0. The van der Waals surface area contributed by atoms with Crippen molar-refractivity contribution in [2.24, 2.45) is 5.92 Å². The standard InChI is InChI=1S/C12H14S3/c1-3-10(13-6-1)9-5-8-15-12(9)11-4-2-7-14-11/h1-3,5,7-12H,4,6H2. The molecule has 0 aromatic carbocycles. The quantitative estimate of drug-likeness (QED) is 0.686. The van der Waals surface area contributed by atoms with Crippen LogP contribution < -0.4 is 0 Å². The van der Waals surface area contributed by atoms with Gasteiger partial charge in [-0.05, 0) is 17.2 Å². The minimum atomic E-state index is 0.738. The molecule has 3 aliphatic rings. The highest BCUT2D eigenvalue weighted by atomic mass is 32.2. The SMILES string of the molecule is C1=CC(C2C=CSC2C2CC=CS2)SC1. The molecule has 3 rings (SSSR count). The smallest absolute Gasteiger partial charge is 0.0304 e. The Bertz CT molecular complexity index is 311. The van der Waals surface area contributed by atoms with Gasteiger partial charge >= 0.3 is 0 Å². The summed E-state index contributed by atoms with van der Waals surface area (Å²) in [7, 11) is 0. The highest BCUT2D eigenvalue weighted by Gasteiger charge is 2.36. The summed E-state index contributed by atoms with van der Waals surface area (Å²) in [6.07, 6.45) is 10.8. The van der Waals surface area contributed by atoms with Crippen molar-refractivity contribution in [1.82, 2.24) is 0 Å². The van der Waals surface area contributed by atoms with Crippen LogP contribution in [0.1, 0.15) is 6.42 Å². The Kier molecular flexibility index (Phi) is 3.23. The van der Waals surface area contributed by atoms with Crippen LogP contribution in [0, 0.1) is 5.92 Å². The molecule has 0 bridgehead atoms. The number of rotatable bonds is 2. The average molecular weight is 254 g/mol. The van der Waals surface area contributed by atoms with Gasteiger partial charge in [-0.25, -0.2) is 0 Å². The van der Waals surface area contributed by atoms with Crippen molar-refractivity contribution in [3.05, 3.63) is 35.1 Å². The minimum Gasteiger partial charge on any atom is -0.150 e. The highest BCUT2D eigenvalue weighted by Crippen LogP contribution is 2.45. The van der Waals surface area contributed by atoms with Gasteiger partial charge in [0.2, 0.25) is 0 Å². The summed E-state index contributed by atoms with van der Waals surface area (Å²) in [5, 5.41) is 6.94. The van der Waals surface area contributed by atoms with Crippen molar-refractivity contribution in [3.8, 4) is 0 Å². The molecule has 3 aliphatic heterocycles. The topological polar surface area (TPSA) is 0 Å². The molecule has 0 aliphatic carbocycles. The molecular weight excluding hydrogens is 240 g/mol. The lowest BCUT2D eigenvalue weighted by Crippen LogP contribution is -2.29. The first-order valence-electron chi connectivity index (χ1n) is 5.36. The van der Waals surface area contributed by atoms with Crippen LogP contribution in [-0.2, 0) is 0 Å². The van der Waals surface area contributed by atoms with Crippen LogP contribution in [0.5, 0.6) is 0 Å². The normalized spacial score (nSPS) is 43.2. The van der Waals surface area contributed by atoms with E-state index in [1.54, 1.807) is 0 Å². The number of thioether (sulfide) groups is 3.